The minimum atomic E-state index is -0.767. The Morgan fingerprint density at radius 3 is 1.86 bits per heavy atom. The molecule has 6 heteroatoms. The summed E-state index contributed by atoms with van der Waals surface area (Å²) in [6.07, 6.45) is 0.499. The lowest BCUT2D eigenvalue weighted by atomic mass is 9.76. The number of methoxy groups -OCH3 is 1. The Morgan fingerprint density at radius 1 is 0.838 bits per heavy atom. The average molecular weight is 493 g/mol. The third-order valence-corrected chi connectivity index (χ3v) is 7.12. The Labute approximate surface area is 216 Å². The lowest BCUT2D eigenvalue weighted by Gasteiger charge is -2.42. The van der Waals surface area contributed by atoms with Crippen LogP contribution in [0.15, 0.2) is 103 Å². The molecule has 0 spiro atoms. The standard InChI is InChI=1S/C31H28N2O4/c1-35-20-33-27-19-29-28(36-21-37-29)18-22(27)17-26(30(33)34)32-31(23-11-5-2-6-12-23,24-13-7-3-8-14-24)25-15-9-4-10-16-25/h2-16,18-19,26,32H,17,20-21H2,1H3/t26-/m0/s1. The fraction of sp³-hybridized carbons (Fsp3) is 0.194. The molecule has 2 aliphatic rings. The Kier molecular flexibility index (Phi) is 6.12. The van der Waals surface area contributed by atoms with Crippen molar-refractivity contribution >= 4 is 11.6 Å². The van der Waals surface area contributed by atoms with Crippen molar-refractivity contribution in [2.75, 3.05) is 25.5 Å². The van der Waals surface area contributed by atoms with E-state index < -0.39 is 11.6 Å². The molecular formula is C31H28N2O4. The number of anilines is 1. The molecule has 37 heavy (non-hydrogen) atoms. The first-order chi connectivity index (χ1) is 18.2. The predicted octanol–water partition coefficient (Wildman–Crippen LogP) is 4.86. The molecule has 186 valence electrons. The van der Waals surface area contributed by atoms with E-state index in [0.717, 1.165) is 27.9 Å². The van der Waals surface area contributed by atoms with Gasteiger partial charge in [-0.15, -0.1) is 0 Å². The number of hydrogen-bond donors (Lipinski definition) is 1. The normalized spacial score (nSPS) is 16.5. The zero-order valence-electron chi connectivity index (χ0n) is 20.6. The van der Waals surface area contributed by atoms with Crippen molar-refractivity contribution in [2.24, 2.45) is 0 Å². The van der Waals surface area contributed by atoms with Crippen molar-refractivity contribution in [3.63, 3.8) is 0 Å². The van der Waals surface area contributed by atoms with E-state index in [2.05, 4.69) is 41.7 Å². The SMILES string of the molecule is COCN1C(=O)[C@@H](NC(c2ccccc2)(c2ccccc2)c2ccccc2)Cc2cc3c(cc21)OCO3. The number of ether oxygens (including phenoxy) is 3. The summed E-state index contributed by atoms with van der Waals surface area (Å²) >= 11 is 0. The summed E-state index contributed by atoms with van der Waals surface area (Å²) in [4.78, 5) is 15.7. The molecule has 2 aliphatic heterocycles. The van der Waals surface area contributed by atoms with E-state index in [-0.39, 0.29) is 19.4 Å². The monoisotopic (exact) mass is 492 g/mol. The molecule has 4 aromatic rings. The van der Waals surface area contributed by atoms with E-state index >= 15 is 0 Å². The molecule has 6 rings (SSSR count). The van der Waals surface area contributed by atoms with Gasteiger partial charge in [0, 0.05) is 13.2 Å². The molecule has 0 aliphatic carbocycles. The van der Waals surface area contributed by atoms with Gasteiger partial charge in [-0.3, -0.25) is 15.0 Å². The summed E-state index contributed by atoms with van der Waals surface area (Å²) in [5.41, 5.74) is 4.18. The van der Waals surface area contributed by atoms with E-state index in [1.807, 2.05) is 66.7 Å². The Balaban J connectivity index is 1.51. The smallest absolute Gasteiger partial charge is 0.246 e. The third-order valence-electron chi connectivity index (χ3n) is 7.12. The van der Waals surface area contributed by atoms with Crippen molar-refractivity contribution in [1.29, 1.82) is 0 Å². The first kappa shape index (κ1) is 23.3. The second kappa shape index (κ2) is 9.73. The van der Waals surface area contributed by atoms with Gasteiger partial charge in [-0.25, -0.2) is 0 Å². The maximum atomic E-state index is 14.1. The number of hydrogen-bond acceptors (Lipinski definition) is 5. The van der Waals surface area contributed by atoms with Gasteiger partial charge in [0.1, 0.15) is 6.73 Å². The minimum Gasteiger partial charge on any atom is -0.454 e. The van der Waals surface area contributed by atoms with Crippen molar-refractivity contribution in [2.45, 2.75) is 18.0 Å². The van der Waals surface area contributed by atoms with Crippen LogP contribution in [0.1, 0.15) is 22.3 Å². The fourth-order valence-electron chi connectivity index (χ4n) is 5.45. The maximum absolute atomic E-state index is 14.1. The highest BCUT2D eigenvalue weighted by Crippen LogP contribution is 2.43. The van der Waals surface area contributed by atoms with Crippen LogP contribution >= 0.6 is 0 Å². The third kappa shape index (κ3) is 4.04. The molecule has 4 aromatic carbocycles. The second-order valence-electron chi connectivity index (χ2n) is 9.27. The quantitative estimate of drug-likeness (QED) is 0.374. The number of rotatable bonds is 7. The number of nitrogens with one attached hydrogen (secondary N) is 1. The topological polar surface area (TPSA) is 60.0 Å². The van der Waals surface area contributed by atoms with Gasteiger partial charge >= 0.3 is 0 Å². The summed E-state index contributed by atoms with van der Waals surface area (Å²) < 4.78 is 16.7. The summed E-state index contributed by atoms with van der Waals surface area (Å²) in [6, 6.07) is 34.2. The van der Waals surface area contributed by atoms with Gasteiger partial charge in [-0.1, -0.05) is 91.0 Å². The number of carbonyl (C=O) groups excluding carboxylic acids is 1. The molecule has 6 nitrogen and oxygen atoms in total. The van der Waals surface area contributed by atoms with Crippen LogP contribution in [0.4, 0.5) is 5.69 Å². The van der Waals surface area contributed by atoms with E-state index in [0.29, 0.717) is 17.9 Å². The zero-order chi connectivity index (χ0) is 25.2. The highest BCUT2D eigenvalue weighted by Gasteiger charge is 2.43. The highest BCUT2D eigenvalue weighted by atomic mass is 16.7. The van der Waals surface area contributed by atoms with Gasteiger partial charge in [0.05, 0.1) is 17.3 Å². The molecule has 0 saturated heterocycles. The van der Waals surface area contributed by atoms with E-state index in [9.17, 15) is 4.79 Å². The van der Waals surface area contributed by atoms with Gasteiger partial charge in [0.25, 0.3) is 0 Å². The molecule has 2 heterocycles. The summed E-state index contributed by atoms with van der Waals surface area (Å²) in [5.74, 6) is 1.29. The number of amides is 1. The average Bonchev–Trinajstić information content (AvgIpc) is 3.42. The molecule has 0 aromatic heterocycles. The number of benzene rings is 4. The lowest BCUT2D eigenvalue weighted by molar-refractivity contribution is -0.122. The second-order valence-corrected chi connectivity index (χ2v) is 9.27. The minimum absolute atomic E-state index is 0.0552. The van der Waals surface area contributed by atoms with E-state index in [1.54, 1.807) is 12.0 Å². The molecule has 0 saturated carbocycles. The largest absolute Gasteiger partial charge is 0.454 e. The van der Waals surface area contributed by atoms with Crippen LogP contribution < -0.4 is 19.7 Å². The van der Waals surface area contributed by atoms with E-state index in [4.69, 9.17) is 14.2 Å². The lowest BCUT2D eigenvalue weighted by Crippen LogP contribution is -2.58. The van der Waals surface area contributed by atoms with Crippen molar-refractivity contribution in [3.8, 4) is 11.5 Å². The van der Waals surface area contributed by atoms with E-state index in [1.165, 1.54) is 0 Å². The van der Waals surface area contributed by atoms with Crippen LogP contribution in [0.5, 0.6) is 11.5 Å². The molecule has 0 bridgehead atoms. The highest BCUT2D eigenvalue weighted by molar-refractivity contribution is 6.00. The molecule has 0 radical (unpaired) electrons. The molecule has 0 unspecified atom stereocenters. The predicted molar refractivity (Wildman–Crippen MR) is 142 cm³/mol. The molecule has 1 N–H and O–H groups in total. The van der Waals surface area contributed by atoms with Crippen molar-refractivity contribution in [3.05, 3.63) is 125 Å². The van der Waals surface area contributed by atoms with Crippen molar-refractivity contribution in [1.82, 2.24) is 5.32 Å². The maximum Gasteiger partial charge on any atom is 0.246 e. The Morgan fingerprint density at radius 2 is 1.35 bits per heavy atom. The summed E-state index contributed by atoms with van der Waals surface area (Å²) in [6.45, 7) is 0.315. The van der Waals surface area contributed by atoms with Gasteiger partial charge in [-0.05, 0) is 34.7 Å². The summed E-state index contributed by atoms with van der Waals surface area (Å²) in [5, 5.41) is 3.85. The van der Waals surface area contributed by atoms with Crippen LogP contribution in [0, 0.1) is 0 Å². The summed E-state index contributed by atoms with van der Waals surface area (Å²) in [7, 11) is 1.60. The van der Waals surface area contributed by atoms with Crippen molar-refractivity contribution < 1.29 is 19.0 Å². The van der Waals surface area contributed by atoms with Crippen LogP contribution in [0.25, 0.3) is 0 Å². The van der Waals surface area contributed by atoms with Gasteiger partial charge in [-0.2, -0.15) is 0 Å². The Bertz CT molecular complexity index is 1300. The van der Waals surface area contributed by atoms with Gasteiger partial charge in [0.15, 0.2) is 11.5 Å². The van der Waals surface area contributed by atoms with Crippen LogP contribution in [-0.2, 0) is 21.5 Å². The molecule has 1 amide bonds. The number of fused-ring (bicyclic) bond motifs is 2. The van der Waals surface area contributed by atoms with Gasteiger partial charge < -0.3 is 14.2 Å². The first-order valence-electron chi connectivity index (χ1n) is 12.4. The molecule has 1 atom stereocenters. The molecule has 0 fully saturated rings. The van der Waals surface area contributed by atoms with Crippen LogP contribution in [-0.4, -0.2) is 32.6 Å². The number of carbonyl (C=O) groups is 1. The van der Waals surface area contributed by atoms with Crippen LogP contribution in [0.3, 0.4) is 0 Å². The zero-order valence-corrected chi connectivity index (χ0v) is 20.6. The number of nitrogens with zero attached hydrogens (tertiary/aromatic N) is 1. The van der Waals surface area contributed by atoms with Crippen LogP contribution in [0.2, 0.25) is 0 Å². The first-order valence-corrected chi connectivity index (χ1v) is 12.4. The fourth-order valence-corrected chi connectivity index (χ4v) is 5.45. The molecular weight excluding hydrogens is 464 g/mol. The Hall–Kier alpha value is -4.13. The van der Waals surface area contributed by atoms with Gasteiger partial charge in [0.2, 0.25) is 12.7 Å².